The molecule has 0 bridgehead atoms. The first-order valence-corrected chi connectivity index (χ1v) is 10.4. The molecule has 0 fully saturated rings. The Bertz CT molecular complexity index is 853. The van der Waals surface area contributed by atoms with E-state index < -0.39 is 0 Å². The Labute approximate surface area is 160 Å². The number of carbonyl (C=O) groups excluding carboxylic acids is 1. The molecule has 1 N–H and O–H groups in total. The molecule has 0 unspecified atom stereocenters. The number of nitrogens with one attached hydrogen (secondary N) is 1. The molecule has 0 aliphatic heterocycles. The maximum absolute atomic E-state index is 12.0. The normalized spacial score (nSPS) is 11.0. The molecule has 3 aromatic rings. The number of amides is 1. The molecule has 1 amide bonds. The minimum atomic E-state index is 0.00662. The molecule has 0 aliphatic carbocycles. The quantitative estimate of drug-likeness (QED) is 0.601. The van der Waals surface area contributed by atoms with Crippen LogP contribution in [0.15, 0.2) is 22.0 Å². The van der Waals surface area contributed by atoms with Crippen molar-refractivity contribution in [2.45, 2.75) is 46.0 Å². The molecule has 6 nitrogen and oxygen atoms in total. The fourth-order valence-corrected chi connectivity index (χ4v) is 4.13. The monoisotopic (exact) mass is 390 g/mol. The molecule has 26 heavy (non-hydrogen) atoms. The van der Waals surface area contributed by atoms with Gasteiger partial charge in [0.1, 0.15) is 0 Å². The van der Waals surface area contributed by atoms with Gasteiger partial charge in [0.2, 0.25) is 11.8 Å². The molecule has 0 aliphatic rings. The number of aromatic nitrogens is 3. The second-order valence-corrected chi connectivity index (χ2v) is 8.20. The zero-order chi connectivity index (χ0) is 18.4. The highest BCUT2D eigenvalue weighted by atomic mass is 32.1. The van der Waals surface area contributed by atoms with Crippen molar-refractivity contribution in [3.8, 4) is 10.6 Å². The first-order chi connectivity index (χ1) is 12.6. The Hall–Kier alpha value is -2.06. The zero-order valence-electron chi connectivity index (χ0n) is 14.9. The van der Waals surface area contributed by atoms with Crippen molar-refractivity contribution in [2.75, 3.05) is 6.54 Å². The summed E-state index contributed by atoms with van der Waals surface area (Å²) < 4.78 is 5.14. The predicted molar refractivity (Wildman–Crippen MR) is 103 cm³/mol. The first kappa shape index (κ1) is 18.7. The lowest BCUT2D eigenvalue weighted by Crippen LogP contribution is -2.25. The Morgan fingerprint density at radius 1 is 1.23 bits per heavy atom. The molecule has 3 aromatic heterocycles. The van der Waals surface area contributed by atoms with Crippen LogP contribution in [0.5, 0.6) is 0 Å². The van der Waals surface area contributed by atoms with E-state index in [0.29, 0.717) is 31.1 Å². The van der Waals surface area contributed by atoms with Gasteiger partial charge in [-0.3, -0.25) is 4.79 Å². The van der Waals surface area contributed by atoms with Gasteiger partial charge in [0.25, 0.3) is 0 Å². The standard InChI is InChI=1S/C18H22N4O2S2/c1-3-4-16-21-18(24-22-16)8-7-17(23)19-10-9-13-5-6-15(26-13)14-11-25-12(2)20-14/h5-6,11H,3-4,7-10H2,1-2H3,(H,19,23). The van der Waals surface area contributed by atoms with Gasteiger partial charge in [-0.05, 0) is 31.9 Å². The summed E-state index contributed by atoms with van der Waals surface area (Å²) in [4.78, 5) is 23.2. The average molecular weight is 391 g/mol. The number of hydrogen-bond donors (Lipinski definition) is 1. The van der Waals surface area contributed by atoms with Gasteiger partial charge in [-0.15, -0.1) is 22.7 Å². The number of thiazole rings is 1. The Morgan fingerprint density at radius 3 is 2.88 bits per heavy atom. The lowest BCUT2D eigenvalue weighted by molar-refractivity contribution is -0.121. The first-order valence-electron chi connectivity index (χ1n) is 8.73. The Morgan fingerprint density at radius 2 is 2.12 bits per heavy atom. The highest BCUT2D eigenvalue weighted by Crippen LogP contribution is 2.29. The molecule has 0 spiro atoms. The Balaban J connectivity index is 1.39. The van der Waals surface area contributed by atoms with Gasteiger partial charge >= 0.3 is 0 Å². The molecule has 3 rings (SSSR count). The third-order valence-corrected chi connectivity index (χ3v) is 5.72. The van der Waals surface area contributed by atoms with E-state index in [9.17, 15) is 4.79 Å². The van der Waals surface area contributed by atoms with E-state index in [1.807, 2.05) is 6.92 Å². The minimum Gasteiger partial charge on any atom is -0.356 e. The van der Waals surface area contributed by atoms with Crippen LogP contribution in [0.2, 0.25) is 0 Å². The molecule has 8 heteroatoms. The molecular formula is C18H22N4O2S2. The lowest BCUT2D eigenvalue weighted by Gasteiger charge is -2.02. The molecule has 0 radical (unpaired) electrons. The van der Waals surface area contributed by atoms with Crippen LogP contribution in [0.1, 0.15) is 41.4 Å². The molecule has 3 heterocycles. The Kier molecular flexibility index (Phi) is 6.51. The molecule has 0 aromatic carbocycles. The van der Waals surface area contributed by atoms with E-state index in [1.165, 1.54) is 9.75 Å². The fraction of sp³-hybridized carbons (Fsp3) is 0.444. The summed E-state index contributed by atoms with van der Waals surface area (Å²) in [6, 6.07) is 4.20. The van der Waals surface area contributed by atoms with E-state index in [-0.39, 0.29) is 5.91 Å². The number of carbonyl (C=O) groups is 1. The van der Waals surface area contributed by atoms with Crippen molar-refractivity contribution >= 4 is 28.6 Å². The maximum Gasteiger partial charge on any atom is 0.227 e. The van der Waals surface area contributed by atoms with Gasteiger partial charge in [-0.1, -0.05) is 12.1 Å². The van der Waals surface area contributed by atoms with Gasteiger partial charge in [0.05, 0.1) is 15.6 Å². The van der Waals surface area contributed by atoms with Gasteiger partial charge in [-0.25, -0.2) is 4.98 Å². The summed E-state index contributed by atoms with van der Waals surface area (Å²) >= 11 is 3.39. The summed E-state index contributed by atoms with van der Waals surface area (Å²) in [6.45, 7) is 4.70. The zero-order valence-corrected chi connectivity index (χ0v) is 16.6. The van der Waals surface area contributed by atoms with Gasteiger partial charge in [0, 0.05) is 36.1 Å². The van der Waals surface area contributed by atoms with Crippen molar-refractivity contribution in [1.29, 1.82) is 0 Å². The van der Waals surface area contributed by atoms with Crippen molar-refractivity contribution in [2.24, 2.45) is 0 Å². The van der Waals surface area contributed by atoms with Crippen LogP contribution in [0.25, 0.3) is 10.6 Å². The van der Waals surface area contributed by atoms with Gasteiger partial charge in [-0.2, -0.15) is 4.98 Å². The van der Waals surface area contributed by atoms with Crippen LogP contribution in [0.4, 0.5) is 0 Å². The summed E-state index contributed by atoms with van der Waals surface area (Å²) in [5, 5.41) is 10.00. The molecular weight excluding hydrogens is 368 g/mol. The van der Waals surface area contributed by atoms with Crippen molar-refractivity contribution in [3.63, 3.8) is 0 Å². The summed E-state index contributed by atoms with van der Waals surface area (Å²) in [7, 11) is 0. The van der Waals surface area contributed by atoms with E-state index in [1.54, 1.807) is 22.7 Å². The van der Waals surface area contributed by atoms with Gasteiger partial charge < -0.3 is 9.84 Å². The van der Waals surface area contributed by atoms with E-state index in [0.717, 1.165) is 30.0 Å². The lowest BCUT2D eigenvalue weighted by atomic mass is 10.2. The third kappa shape index (κ3) is 5.22. The van der Waals surface area contributed by atoms with Crippen LogP contribution < -0.4 is 5.32 Å². The SMILES string of the molecule is CCCc1noc(CCC(=O)NCCc2ccc(-c3csc(C)n3)s2)n1. The minimum absolute atomic E-state index is 0.00662. The summed E-state index contributed by atoms with van der Waals surface area (Å²) in [5.74, 6) is 1.25. The molecule has 0 saturated heterocycles. The summed E-state index contributed by atoms with van der Waals surface area (Å²) in [6.07, 6.45) is 3.45. The smallest absolute Gasteiger partial charge is 0.227 e. The topological polar surface area (TPSA) is 80.9 Å². The second-order valence-electron chi connectivity index (χ2n) is 5.97. The highest BCUT2D eigenvalue weighted by Gasteiger charge is 2.09. The van der Waals surface area contributed by atoms with Crippen molar-refractivity contribution in [3.05, 3.63) is 39.1 Å². The maximum atomic E-state index is 12.0. The number of nitrogens with zero attached hydrogens (tertiary/aromatic N) is 3. The second kappa shape index (κ2) is 9.05. The predicted octanol–water partition coefficient (Wildman–Crippen LogP) is 3.81. The van der Waals surface area contributed by atoms with Crippen LogP contribution in [-0.4, -0.2) is 27.6 Å². The van der Waals surface area contributed by atoms with E-state index in [4.69, 9.17) is 4.52 Å². The molecule has 0 saturated carbocycles. The third-order valence-electron chi connectivity index (χ3n) is 3.78. The van der Waals surface area contributed by atoms with Crippen molar-refractivity contribution in [1.82, 2.24) is 20.4 Å². The summed E-state index contributed by atoms with van der Waals surface area (Å²) in [5.41, 5.74) is 1.04. The number of hydrogen-bond acceptors (Lipinski definition) is 7. The molecule has 138 valence electrons. The number of aryl methyl sites for hydroxylation is 3. The van der Waals surface area contributed by atoms with E-state index >= 15 is 0 Å². The molecule has 0 atom stereocenters. The van der Waals surface area contributed by atoms with Crippen LogP contribution >= 0.6 is 22.7 Å². The van der Waals surface area contributed by atoms with Crippen molar-refractivity contribution < 1.29 is 9.32 Å². The number of thiophene rings is 1. The fourth-order valence-electron chi connectivity index (χ4n) is 2.48. The van der Waals surface area contributed by atoms with E-state index in [2.05, 4.69) is 44.9 Å². The highest BCUT2D eigenvalue weighted by molar-refractivity contribution is 7.16. The van der Waals surface area contributed by atoms with Crippen LogP contribution in [-0.2, 0) is 24.1 Å². The average Bonchev–Trinajstić information content (AvgIpc) is 3.34. The van der Waals surface area contributed by atoms with Crippen LogP contribution in [0.3, 0.4) is 0 Å². The van der Waals surface area contributed by atoms with Crippen LogP contribution in [0, 0.1) is 6.92 Å². The largest absolute Gasteiger partial charge is 0.356 e. The number of rotatable bonds is 9. The van der Waals surface area contributed by atoms with Gasteiger partial charge in [0.15, 0.2) is 5.82 Å².